The molecule has 144 valence electrons. The Balaban J connectivity index is 1.69. The molecule has 6 heteroatoms. The van der Waals surface area contributed by atoms with E-state index in [1.807, 2.05) is 30.3 Å². The molecular formula is C22H22N2O4. The number of aromatic nitrogens is 1. The van der Waals surface area contributed by atoms with Gasteiger partial charge in [-0.05, 0) is 44.0 Å². The summed E-state index contributed by atoms with van der Waals surface area (Å²) in [6.45, 7) is 3.15. The van der Waals surface area contributed by atoms with Gasteiger partial charge in [-0.3, -0.25) is 9.59 Å². The number of furan rings is 1. The summed E-state index contributed by atoms with van der Waals surface area (Å²) < 4.78 is 10.6. The van der Waals surface area contributed by atoms with Gasteiger partial charge in [-0.2, -0.15) is 0 Å². The Labute approximate surface area is 163 Å². The standard InChI is InChI=1S/C22H22N2O4/c1-2-27-22(26)15-7-5-11-24(14-15)21(25)17-13-19(20-10-6-12-28-20)23-18-9-4-3-8-16(17)18/h3-4,6,8-10,12-13,15H,2,5,7,11,14H2,1H3. The number of hydrogen-bond donors (Lipinski definition) is 0. The van der Waals surface area contributed by atoms with E-state index in [1.54, 1.807) is 30.2 Å². The van der Waals surface area contributed by atoms with Crippen molar-refractivity contribution < 1.29 is 18.7 Å². The number of hydrogen-bond acceptors (Lipinski definition) is 5. The molecule has 1 saturated heterocycles. The van der Waals surface area contributed by atoms with Crippen LogP contribution in [0.1, 0.15) is 30.1 Å². The van der Waals surface area contributed by atoms with Crippen LogP contribution in [0.15, 0.2) is 53.1 Å². The lowest BCUT2D eigenvalue weighted by molar-refractivity contribution is -0.149. The van der Waals surface area contributed by atoms with Gasteiger partial charge in [-0.15, -0.1) is 0 Å². The second-order valence-electron chi connectivity index (χ2n) is 6.89. The van der Waals surface area contributed by atoms with Gasteiger partial charge in [0.15, 0.2) is 5.76 Å². The SMILES string of the molecule is CCOC(=O)C1CCCN(C(=O)c2cc(-c3ccco3)nc3ccccc23)C1. The zero-order valence-electron chi connectivity index (χ0n) is 15.8. The molecule has 2 aromatic heterocycles. The molecule has 6 nitrogen and oxygen atoms in total. The van der Waals surface area contributed by atoms with Crippen molar-refractivity contribution in [3.63, 3.8) is 0 Å². The number of rotatable bonds is 4. The first kappa shape index (κ1) is 18.2. The Morgan fingerprint density at radius 3 is 2.89 bits per heavy atom. The summed E-state index contributed by atoms with van der Waals surface area (Å²) in [6.07, 6.45) is 3.11. The lowest BCUT2D eigenvalue weighted by atomic mass is 9.96. The highest BCUT2D eigenvalue weighted by Gasteiger charge is 2.30. The number of ether oxygens (including phenoxy) is 1. The van der Waals surface area contributed by atoms with Crippen LogP contribution in [-0.2, 0) is 9.53 Å². The summed E-state index contributed by atoms with van der Waals surface area (Å²) in [7, 11) is 0. The smallest absolute Gasteiger partial charge is 0.310 e. The molecule has 1 amide bonds. The largest absolute Gasteiger partial charge is 0.466 e. The van der Waals surface area contributed by atoms with Crippen molar-refractivity contribution in [2.45, 2.75) is 19.8 Å². The van der Waals surface area contributed by atoms with Gasteiger partial charge >= 0.3 is 5.97 Å². The van der Waals surface area contributed by atoms with E-state index in [-0.39, 0.29) is 17.8 Å². The quantitative estimate of drug-likeness (QED) is 0.644. The van der Waals surface area contributed by atoms with Gasteiger partial charge in [0.05, 0.1) is 29.9 Å². The van der Waals surface area contributed by atoms with Gasteiger partial charge in [-0.1, -0.05) is 18.2 Å². The number of para-hydroxylation sites is 1. The minimum Gasteiger partial charge on any atom is -0.466 e. The van der Waals surface area contributed by atoms with Crippen LogP contribution >= 0.6 is 0 Å². The topological polar surface area (TPSA) is 72.6 Å². The first-order valence-corrected chi connectivity index (χ1v) is 9.57. The molecule has 3 aromatic rings. The molecule has 0 spiro atoms. The number of esters is 1. The molecule has 1 aliphatic heterocycles. The molecule has 4 rings (SSSR count). The van der Waals surface area contributed by atoms with Crippen molar-refractivity contribution in [3.8, 4) is 11.5 Å². The van der Waals surface area contributed by atoms with Crippen LogP contribution in [0.5, 0.6) is 0 Å². The predicted octanol–water partition coefficient (Wildman–Crippen LogP) is 3.91. The van der Waals surface area contributed by atoms with Crippen LogP contribution in [0, 0.1) is 5.92 Å². The predicted molar refractivity (Wildman–Crippen MR) is 105 cm³/mol. The lowest BCUT2D eigenvalue weighted by Gasteiger charge is -2.32. The van der Waals surface area contributed by atoms with Crippen molar-refractivity contribution in [1.29, 1.82) is 0 Å². The first-order valence-electron chi connectivity index (χ1n) is 9.57. The Kier molecular flexibility index (Phi) is 5.10. The summed E-state index contributed by atoms with van der Waals surface area (Å²) in [5, 5.41) is 0.793. The molecule has 1 unspecified atom stereocenters. The summed E-state index contributed by atoms with van der Waals surface area (Å²) in [5.41, 5.74) is 1.92. The number of nitrogens with zero attached hydrogens (tertiary/aromatic N) is 2. The molecule has 0 aliphatic carbocycles. The number of amides is 1. The monoisotopic (exact) mass is 378 g/mol. The number of piperidine rings is 1. The van der Waals surface area contributed by atoms with Crippen LogP contribution < -0.4 is 0 Å². The second kappa shape index (κ2) is 7.84. The number of carbonyl (C=O) groups is 2. The van der Waals surface area contributed by atoms with Crippen LogP contribution in [0.4, 0.5) is 0 Å². The van der Waals surface area contributed by atoms with E-state index in [4.69, 9.17) is 9.15 Å². The Hall–Kier alpha value is -3.15. The highest BCUT2D eigenvalue weighted by molar-refractivity contribution is 6.07. The van der Waals surface area contributed by atoms with E-state index in [0.29, 0.717) is 36.7 Å². The molecule has 28 heavy (non-hydrogen) atoms. The highest BCUT2D eigenvalue weighted by atomic mass is 16.5. The molecule has 3 heterocycles. The van der Waals surface area contributed by atoms with E-state index in [9.17, 15) is 9.59 Å². The summed E-state index contributed by atoms with van der Waals surface area (Å²) in [5.74, 6) is 0.0226. The number of fused-ring (bicyclic) bond motifs is 1. The zero-order chi connectivity index (χ0) is 19.5. The maximum absolute atomic E-state index is 13.4. The molecule has 1 atom stereocenters. The average molecular weight is 378 g/mol. The molecular weight excluding hydrogens is 356 g/mol. The zero-order valence-corrected chi connectivity index (χ0v) is 15.8. The maximum atomic E-state index is 13.4. The fourth-order valence-corrected chi connectivity index (χ4v) is 3.69. The van der Waals surface area contributed by atoms with Crippen molar-refractivity contribution in [2.24, 2.45) is 5.92 Å². The second-order valence-corrected chi connectivity index (χ2v) is 6.89. The fourth-order valence-electron chi connectivity index (χ4n) is 3.69. The number of benzene rings is 1. The Morgan fingerprint density at radius 1 is 1.25 bits per heavy atom. The third-order valence-corrected chi connectivity index (χ3v) is 5.05. The van der Waals surface area contributed by atoms with Crippen LogP contribution in [0.3, 0.4) is 0 Å². The van der Waals surface area contributed by atoms with Crippen molar-refractivity contribution >= 4 is 22.8 Å². The van der Waals surface area contributed by atoms with Crippen LogP contribution in [0.2, 0.25) is 0 Å². The number of pyridine rings is 1. The van der Waals surface area contributed by atoms with Crippen molar-refractivity contribution in [1.82, 2.24) is 9.88 Å². The number of likely N-dealkylation sites (tertiary alicyclic amines) is 1. The molecule has 1 fully saturated rings. The summed E-state index contributed by atoms with van der Waals surface area (Å²) in [6, 6.07) is 13.0. The van der Waals surface area contributed by atoms with Crippen LogP contribution in [0.25, 0.3) is 22.4 Å². The van der Waals surface area contributed by atoms with Gasteiger partial charge < -0.3 is 14.1 Å². The average Bonchev–Trinajstić information content (AvgIpc) is 3.28. The lowest BCUT2D eigenvalue weighted by Crippen LogP contribution is -2.42. The molecule has 1 aromatic carbocycles. The minimum absolute atomic E-state index is 0.0968. The molecule has 0 bridgehead atoms. The van der Waals surface area contributed by atoms with Gasteiger partial charge in [0, 0.05) is 18.5 Å². The molecule has 1 aliphatic rings. The Bertz CT molecular complexity index is 997. The van der Waals surface area contributed by atoms with E-state index in [1.165, 1.54) is 0 Å². The van der Waals surface area contributed by atoms with E-state index >= 15 is 0 Å². The van der Waals surface area contributed by atoms with E-state index in [0.717, 1.165) is 23.7 Å². The summed E-state index contributed by atoms with van der Waals surface area (Å²) in [4.78, 5) is 31.9. The molecule has 0 saturated carbocycles. The van der Waals surface area contributed by atoms with Gasteiger partial charge in [0.25, 0.3) is 5.91 Å². The minimum atomic E-state index is -0.268. The van der Waals surface area contributed by atoms with Gasteiger partial charge in [-0.25, -0.2) is 4.98 Å². The number of carbonyl (C=O) groups excluding carboxylic acids is 2. The Morgan fingerprint density at radius 2 is 2.11 bits per heavy atom. The normalized spacial score (nSPS) is 16.9. The third kappa shape index (κ3) is 3.50. The molecule has 0 N–H and O–H groups in total. The van der Waals surface area contributed by atoms with Crippen molar-refractivity contribution in [3.05, 3.63) is 54.3 Å². The van der Waals surface area contributed by atoms with Gasteiger partial charge in [0.2, 0.25) is 0 Å². The van der Waals surface area contributed by atoms with Gasteiger partial charge in [0.1, 0.15) is 5.69 Å². The fraction of sp³-hybridized carbons (Fsp3) is 0.318. The third-order valence-electron chi connectivity index (χ3n) is 5.05. The first-order chi connectivity index (χ1) is 13.7. The van der Waals surface area contributed by atoms with E-state index < -0.39 is 0 Å². The maximum Gasteiger partial charge on any atom is 0.310 e. The molecule has 0 radical (unpaired) electrons. The van der Waals surface area contributed by atoms with Crippen LogP contribution in [-0.4, -0.2) is 41.5 Å². The van der Waals surface area contributed by atoms with Crippen molar-refractivity contribution in [2.75, 3.05) is 19.7 Å². The van der Waals surface area contributed by atoms with E-state index in [2.05, 4.69) is 4.98 Å². The summed E-state index contributed by atoms with van der Waals surface area (Å²) >= 11 is 0. The highest BCUT2D eigenvalue weighted by Crippen LogP contribution is 2.28.